The number of hydrogen-bond donors (Lipinski definition) is 1. The van der Waals surface area contributed by atoms with Gasteiger partial charge in [-0.25, -0.2) is 0 Å². The topological polar surface area (TPSA) is 20.2 Å². The Balaban J connectivity index is 1.48. The minimum atomic E-state index is 0.0485. The molecule has 1 saturated heterocycles. The highest BCUT2D eigenvalue weighted by atomic mass is 32.2. The van der Waals surface area contributed by atoms with Crippen LogP contribution in [-0.2, 0) is 10.9 Å². The zero-order chi connectivity index (χ0) is 12.2. The van der Waals surface area contributed by atoms with Crippen LogP contribution in [0.5, 0.6) is 0 Å². The quantitative estimate of drug-likeness (QED) is 0.780. The molecule has 0 radical (unpaired) electrons. The summed E-state index contributed by atoms with van der Waals surface area (Å²) >= 11 is 0. The van der Waals surface area contributed by atoms with Crippen molar-refractivity contribution in [2.24, 2.45) is 23.2 Å². The van der Waals surface area contributed by atoms with Gasteiger partial charge in [-0.3, -0.25) is 0 Å². The Morgan fingerprint density at radius 3 is 1.94 bits per heavy atom. The van der Waals surface area contributed by atoms with E-state index in [0.29, 0.717) is 16.3 Å². The summed E-state index contributed by atoms with van der Waals surface area (Å²) in [7, 11) is 0.580. The SMILES string of the molecule is OC(C[S+]1CCCC1)C12CC3CC(CC(C3)C1)C2. The molecule has 0 aromatic rings. The molecule has 0 aromatic carbocycles. The third-order valence-electron chi connectivity index (χ3n) is 6.30. The number of aliphatic hydroxyl groups excluding tert-OH is 1. The zero-order valence-electron chi connectivity index (χ0n) is 11.4. The van der Waals surface area contributed by atoms with Crippen LogP contribution in [0.4, 0.5) is 0 Å². The van der Waals surface area contributed by atoms with Crippen molar-refractivity contribution in [3.8, 4) is 0 Å². The summed E-state index contributed by atoms with van der Waals surface area (Å²) in [6.45, 7) is 0. The Morgan fingerprint density at radius 1 is 0.944 bits per heavy atom. The molecular formula is C16H27OS+. The van der Waals surface area contributed by atoms with Crippen molar-refractivity contribution in [3.05, 3.63) is 0 Å². The van der Waals surface area contributed by atoms with Gasteiger partial charge in [-0.2, -0.15) is 0 Å². The molecule has 2 heteroatoms. The molecule has 1 aliphatic heterocycles. The van der Waals surface area contributed by atoms with Crippen LogP contribution in [0.15, 0.2) is 0 Å². The van der Waals surface area contributed by atoms with Crippen molar-refractivity contribution in [2.45, 2.75) is 57.5 Å². The second-order valence-corrected chi connectivity index (χ2v) is 10.1. The van der Waals surface area contributed by atoms with E-state index in [9.17, 15) is 5.11 Å². The molecule has 0 aromatic heterocycles. The first-order valence-corrected chi connectivity index (χ1v) is 9.79. The van der Waals surface area contributed by atoms with Gasteiger partial charge in [0.15, 0.2) is 0 Å². The molecule has 5 fully saturated rings. The maximum atomic E-state index is 10.9. The first kappa shape index (κ1) is 12.1. The Bertz CT molecular complexity index is 286. The highest BCUT2D eigenvalue weighted by molar-refractivity contribution is 7.97. The van der Waals surface area contributed by atoms with Crippen molar-refractivity contribution in [2.75, 3.05) is 17.3 Å². The van der Waals surface area contributed by atoms with Gasteiger partial charge in [0.2, 0.25) is 0 Å². The van der Waals surface area contributed by atoms with Crippen molar-refractivity contribution >= 4 is 10.9 Å². The standard InChI is InChI=1S/C16H27OS/c17-15(11-18-3-1-2-4-18)16-8-12-5-13(9-16)7-14(6-12)10-16/h12-15,17H,1-11H2/q+1. The van der Waals surface area contributed by atoms with Crippen molar-refractivity contribution in [3.63, 3.8) is 0 Å². The van der Waals surface area contributed by atoms with Gasteiger partial charge in [0.05, 0.1) is 0 Å². The van der Waals surface area contributed by atoms with E-state index in [2.05, 4.69) is 0 Å². The van der Waals surface area contributed by atoms with Gasteiger partial charge in [0, 0.05) is 5.41 Å². The lowest BCUT2D eigenvalue weighted by atomic mass is 9.48. The lowest BCUT2D eigenvalue weighted by Crippen LogP contribution is -2.53. The predicted octanol–water partition coefficient (Wildman–Crippen LogP) is 2.98. The van der Waals surface area contributed by atoms with E-state index >= 15 is 0 Å². The molecule has 1 unspecified atom stereocenters. The monoisotopic (exact) mass is 267 g/mol. The Kier molecular flexibility index (Phi) is 2.96. The highest BCUT2D eigenvalue weighted by Crippen LogP contribution is 2.61. The van der Waals surface area contributed by atoms with Crippen LogP contribution in [0.3, 0.4) is 0 Å². The van der Waals surface area contributed by atoms with E-state index in [1.807, 2.05) is 0 Å². The summed E-state index contributed by atoms with van der Waals surface area (Å²) in [5.74, 6) is 6.95. The van der Waals surface area contributed by atoms with Crippen LogP contribution >= 0.6 is 0 Å². The second-order valence-electron chi connectivity index (χ2n) is 7.69. The van der Waals surface area contributed by atoms with E-state index < -0.39 is 0 Å². The van der Waals surface area contributed by atoms with Crippen LogP contribution in [-0.4, -0.2) is 28.5 Å². The molecule has 4 aliphatic carbocycles. The lowest BCUT2D eigenvalue weighted by Gasteiger charge is -2.58. The van der Waals surface area contributed by atoms with Crippen molar-refractivity contribution in [1.29, 1.82) is 0 Å². The van der Waals surface area contributed by atoms with Gasteiger partial charge in [-0.15, -0.1) is 0 Å². The average Bonchev–Trinajstić information content (AvgIpc) is 2.79. The van der Waals surface area contributed by atoms with Gasteiger partial charge in [-0.05, 0) is 80.0 Å². The molecule has 1 atom stereocenters. The minimum Gasteiger partial charge on any atom is -0.388 e. The fourth-order valence-electron chi connectivity index (χ4n) is 5.87. The van der Waals surface area contributed by atoms with Crippen LogP contribution in [0.25, 0.3) is 0 Å². The smallest absolute Gasteiger partial charge is 0.134 e. The summed E-state index contributed by atoms with van der Waals surface area (Å²) in [6.07, 6.45) is 11.5. The first-order valence-electron chi connectivity index (χ1n) is 8.06. The van der Waals surface area contributed by atoms with Crippen LogP contribution in [0.2, 0.25) is 0 Å². The van der Waals surface area contributed by atoms with E-state index in [-0.39, 0.29) is 6.10 Å². The molecule has 0 amide bonds. The summed E-state index contributed by atoms with van der Waals surface area (Å²) in [6, 6.07) is 0. The van der Waals surface area contributed by atoms with Gasteiger partial charge in [-0.1, -0.05) is 0 Å². The van der Waals surface area contributed by atoms with Gasteiger partial charge in [0.25, 0.3) is 0 Å². The third kappa shape index (κ3) is 1.95. The Morgan fingerprint density at radius 2 is 1.44 bits per heavy atom. The molecule has 0 spiro atoms. The second kappa shape index (κ2) is 4.41. The van der Waals surface area contributed by atoms with E-state index in [1.54, 1.807) is 0 Å². The minimum absolute atomic E-state index is 0.0485. The molecular weight excluding hydrogens is 240 g/mol. The number of aliphatic hydroxyl groups is 1. The number of hydrogen-bond acceptors (Lipinski definition) is 1. The molecule has 4 saturated carbocycles. The largest absolute Gasteiger partial charge is 0.388 e. The summed E-state index contributed by atoms with van der Waals surface area (Å²) in [5.41, 5.74) is 0.379. The molecule has 5 aliphatic rings. The Hall–Kier alpha value is 0.310. The molecule has 1 N–H and O–H groups in total. The molecule has 18 heavy (non-hydrogen) atoms. The number of rotatable bonds is 3. The molecule has 5 rings (SSSR count). The van der Waals surface area contributed by atoms with E-state index in [1.165, 1.54) is 62.9 Å². The summed E-state index contributed by atoms with van der Waals surface area (Å²) < 4.78 is 0. The van der Waals surface area contributed by atoms with Crippen molar-refractivity contribution < 1.29 is 5.11 Å². The maximum absolute atomic E-state index is 10.9. The fraction of sp³-hybridized carbons (Fsp3) is 1.00. The lowest BCUT2D eigenvalue weighted by molar-refractivity contribution is -0.112. The molecule has 4 bridgehead atoms. The van der Waals surface area contributed by atoms with Gasteiger partial charge in [0.1, 0.15) is 23.4 Å². The predicted molar refractivity (Wildman–Crippen MR) is 77.8 cm³/mol. The normalized spacial score (nSPS) is 48.8. The molecule has 1 nitrogen and oxygen atoms in total. The van der Waals surface area contributed by atoms with Gasteiger partial charge >= 0.3 is 0 Å². The van der Waals surface area contributed by atoms with E-state index in [4.69, 9.17) is 0 Å². The van der Waals surface area contributed by atoms with E-state index in [0.717, 1.165) is 23.5 Å². The first-order chi connectivity index (χ1) is 8.73. The molecule has 102 valence electrons. The van der Waals surface area contributed by atoms with Crippen LogP contribution < -0.4 is 0 Å². The third-order valence-corrected chi connectivity index (χ3v) is 8.82. The fourth-order valence-corrected chi connectivity index (χ4v) is 8.43. The molecule has 1 heterocycles. The van der Waals surface area contributed by atoms with Crippen molar-refractivity contribution in [1.82, 2.24) is 0 Å². The highest BCUT2D eigenvalue weighted by Gasteiger charge is 2.55. The van der Waals surface area contributed by atoms with Crippen LogP contribution in [0, 0.1) is 23.2 Å². The summed E-state index contributed by atoms with van der Waals surface area (Å²) in [5, 5.41) is 10.9. The zero-order valence-corrected chi connectivity index (χ0v) is 12.3. The summed E-state index contributed by atoms with van der Waals surface area (Å²) in [4.78, 5) is 0. The van der Waals surface area contributed by atoms with Crippen LogP contribution in [0.1, 0.15) is 51.4 Å². The van der Waals surface area contributed by atoms with Gasteiger partial charge < -0.3 is 5.11 Å². The maximum Gasteiger partial charge on any atom is 0.134 e. The Labute approximate surface area is 114 Å². The average molecular weight is 267 g/mol.